The van der Waals surface area contributed by atoms with Crippen LogP contribution in [-0.2, 0) is 6.54 Å². The maximum atomic E-state index is 13.7. The lowest BCUT2D eigenvalue weighted by Gasteiger charge is -2.28. The van der Waals surface area contributed by atoms with Crippen LogP contribution < -0.4 is 5.73 Å². The summed E-state index contributed by atoms with van der Waals surface area (Å²) in [4.78, 5) is 1.91. The van der Waals surface area contributed by atoms with Gasteiger partial charge in [-0.25, -0.2) is 8.78 Å². The van der Waals surface area contributed by atoms with Crippen molar-refractivity contribution in [2.75, 3.05) is 13.6 Å². The van der Waals surface area contributed by atoms with Gasteiger partial charge in [0.05, 0.1) is 0 Å². The average molecular weight is 355 g/mol. The van der Waals surface area contributed by atoms with Gasteiger partial charge in [0, 0.05) is 29.2 Å². The zero-order valence-corrected chi connectivity index (χ0v) is 13.3. The van der Waals surface area contributed by atoms with E-state index in [4.69, 9.17) is 5.73 Å². The van der Waals surface area contributed by atoms with Crippen LogP contribution in [0.1, 0.15) is 17.2 Å². The van der Waals surface area contributed by atoms with Crippen LogP contribution in [0.4, 0.5) is 8.78 Å². The predicted octanol–water partition coefficient (Wildman–Crippen LogP) is 3.86. The largest absolute Gasteiger partial charge is 0.329 e. The molecule has 0 aliphatic heterocycles. The molecule has 0 heterocycles. The first-order valence-electron chi connectivity index (χ1n) is 6.61. The van der Waals surface area contributed by atoms with Crippen molar-refractivity contribution in [1.82, 2.24) is 4.90 Å². The molecule has 2 aromatic rings. The first kappa shape index (κ1) is 16.1. The van der Waals surface area contributed by atoms with Gasteiger partial charge in [0.25, 0.3) is 0 Å². The van der Waals surface area contributed by atoms with Crippen LogP contribution >= 0.6 is 15.9 Å². The van der Waals surface area contributed by atoms with Crippen molar-refractivity contribution >= 4 is 15.9 Å². The van der Waals surface area contributed by atoms with Crippen molar-refractivity contribution in [3.8, 4) is 0 Å². The molecule has 5 heteroatoms. The van der Waals surface area contributed by atoms with Gasteiger partial charge in [-0.05, 0) is 36.9 Å². The number of rotatable bonds is 5. The van der Waals surface area contributed by atoms with Gasteiger partial charge in [-0.2, -0.15) is 0 Å². The molecule has 112 valence electrons. The molecule has 2 N–H and O–H groups in total. The number of hydrogen-bond donors (Lipinski definition) is 1. The Morgan fingerprint density at radius 1 is 1.19 bits per heavy atom. The van der Waals surface area contributed by atoms with E-state index >= 15 is 0 Å². The molecule has 0 radical (unpaired) electrons. The minimum Gasteiger partial charge on any atom is -0.329 e. The van der Waals surface area contributed by atoms with Crippen molar-refractivity contribution < 1.29 is 8.78 Å². The number of benzene rings is 2. The minimum atomic E-state index is -0.314. The van der Waals surface area contributed by atoms with E-state index in [-0.39, 0.29) is 17.7 Å². The van der Waals surface area contributed by atoms with Gasteiger partial charge in [0.1, 0.15) is 11.6 Å². The normalized spacial score (nSPS) is 12.7. The van der Waals surface area contributed by atoms with Crippen LogP contribution in [0.25, 0.3) is 0 Å². The Kier molecular flexibility index (Phi) is 5.45. The summed E-state index contributed by atoms with van der Waals surface area (Å²) in [5.41, 5.74) is 7.19. The zero-order chi connectivity index (χ0) is 15.4. The van der Waals surface area contributed by atoms with E-state index in [1.165, 1.54) is 18.2 Å². The molecule has 2 rings (SSSR count). The van der Waals surface area contributed by atoms with E-state index < -0.39 is 0 Å². The number of nitrogens with zero attached hydrogens (tertiary/aromatic N) is 1. The van der Waals surface area contributed by atoms with E-state index in [0.717, 1.165) is 10.0 Å². The second kappa shape index (κ2) is 7.11. The molecule has 0 aromatic heterocycles. The Morgan fingerprint density at radius 3 is 2.57 bits per heavy atom. The molecule has 0 saturated heterocycles. The average Bonchev–Trinajstić information content (AvgIpc) is 2.46. The molecule has 2 aromatic carbocycles. The number of likely N-dealkylation sites (N-methyl/N-ethyl adjacent to an activating group) is 1. The molecule has 0 amide bonds. The Bertz CT molecular complexity index is 619. The SMILES string of the molecule is CN(Cc1ccccc1F)C(CN)c1cc(F)ccc1Br. The fraction of sp³-hybridized carbons (Fsp3) is 0.250. The predicted molar refractivity (Wildman–Crippen MR) is 83.8 cm³/mol. The Morgan fingerprint density at radius 2 is 1.90 bits per heavy atom. The highest BCUT2D eigenvalue weighted by molar-refractivity contribution is 9.10. The molecule has 0 aliphatic carbocycles. The van der Waals surface area contributed by atoms with Gasteiger partial charge in [0.15, 0.2) is 0 Å². The molecule has 2 nitrogen and oxygen atoms in total. The second-order valence-corrected chi connectivity index (χ2v) is 5.78. The summed E-state index contributed by atoms with van der Waals surface area (Å²) < 4.78 is 28.0. The van der Waals surface area contributed by atoms with Crippen molar-refractivity contribution in [1.29, 1.82) is 0 Å². The summed E-state index contributed by atoms with van der Waals surface area (Å²) in [6.07, 6.45) is 0. The molecule has 0 bridgehead atoms. The van der Waals surface area contributed by atoms with Gasteiger partial charge >= 0.3 is 0 Å². The van der Waals surface area contributed by atoms with Crippen molar-refractivity contribution in [2.24, 2.45) is 5.73 Å². The molecular formula is C16H17BrF2N2. The van der Waals surface area contributed by atoms with Crippen molar-refractivity contribution in [2.45, 2.75) is 12.6 Å². The molecule has 1 atom stereocenters. The Balaban J connectivity index is 2.25. The van der Waals surface area contributed by atoms with E-state index in [9.17, 15) is 8.78 Å². The fourth-order valence-corrected chi connectivity index (χ4v) is 2.83. The summed E-state index contributed by atoms with van der Waals surface area (Å²) in [7, 11) is 1.85. The molecule has 0 spiro atoms. The summed E-state index contributed by atoms with van der Waals surface area (Å²) in [6.45, 7) is 0.713. The Hall–Kier alpha value is -1.30. The minimum absolute atomic E-state index is 0.199. The van der Waals surface area contributed by atoms with Crippen molar-refractivity contribution in [3.63, 3.8) is 0 Å². The van der Waals surface area contributed by atoms with Gasteiger partial charge in [-0.1, -0.05) is 34.1 Å². The highest BCUT2D eigenvalue weighted by Gasteiger charge is 2.19. The standard InChI is InChI=1S/C16H17BrF2N2/c1-21(10-11-4-2-3-5-15(11)19)16(9-20)13-8-12(18)6-7-14(13)17/h2-8,16H,9-10,20H2,1H3. The first-order valence-corrected chi connectivity index (χ1v) is 7.41. The third-order valence-electron chi connectivity index (χ3n) is 3.45. The topological polar surface area (TPSA) is 29.3 Å². The van der Waals surface area contributed by atoms with E-state index in [1.807, 2.05) is 11.9 Å². The number of hydrogen-bond acceptors (Lipinski definition) is 2. The third-order valence-corrected chi connectivity index (χ3v) is 4.17. The second-order valence-electron chi connectivity index (χ2n) is 4.92. The van der Waals surface area contributed by atoms with Gasteiger partial charge in [0.2, 0.25) is 0 Å². The monoisotopic (exact) mass is 354 g/mol. The van der Waals surface area contributed by atoms with Crippen molar-refractivity contribution in [3.05, 3.63) is 69.7 Å². The van der Waals surface area contributed by atoms with Gasteiger partial charge in [-0.3, -0.25) is 4.90 Å². The van der Waals surface area contributed by atoms with E-state index in [2.05, 4.69) is 15.9 Å². The molecule has 0 saturated carbocycles. The Labute approximate surface area is 131 Å². The van der Waals surface area contributed by atoms with Gasteiger partial charge < -0.3 is 5.73 Å². The molecule has 1 unspecified atom stereocenters. The highest BCUT2D eigenvalue weighted by Crippen LogP contribution is 2.28. The number of nitrogens with two attached hydrogens (primary N) is 1. The molecule has 21 heavy (non-hydrogen) atoms. The van der Waals surface area contributed by atoms with E-state index in [0.29, 0.717) is 18.7 Å². The zero-order valence-electron chi connectivity index (χ0n) is 11.7. The molecule has 0 aliphatic rings. The lowest BCUT2D eigenvalue weighted by atomic mass is 10.0. The maximum Gasteiger partial charge on any atom is 0.127 e. The lowest BCUT2D eigenvalue weighted by molar-refractivity contribution is 0.237. The fourth-order valence-electron chi connectivity index (χ4n) is 2.32. The smallest absolute Gasteiger partial charge is 0.127 e. The molecular weight excluding hydrogens is 338 g/mol. The summed E-state index contributed by atoms with van der Waals surface area (Å²) in [5.74, 6) is -0.565. The quantitative estimate of drug-likeness (QED) is 0.883. The summed E-state index contributed by atoms with van der Waals surface area (Å²) in [6, 6.07) is 10.9. The molecule has 0 fully saturated rings. The van der Waals surface area contributed by atoms with Crippen LogP contribution in [0.5, 0.6) is 0 Å². The van der Waals surface area contributed by atoms with Crippen LogP contribution in [0.15, 0.2) is 46.9 Å². The summed E-state index contributed by atoms with van der Waals surface area (Å²) in [5, 5.41) is 0. The third kappa shape index (κ3) is 3.87. The van der Waals surface area contributed by atoms with Crippen LogP contribution in [0.2, 0.25) is 0 Å². The maximum absolute atomic E-state index is 13.7. The van der Waals surface area contributed by atoms with Crippen LogP contribution in [-0.4, -0.2) is 18.5 Å². The first-order chi connectivity index (χ1) is 10.0. The van der Waals surface area contributed by atoms with E-state index in [1.54, 1.807) is 24.3 Å². The van der Waals surface area contributed by atoms with Crippen LogP contribution in [0.3, 0.4) is 0 Å². The highest BCUT2D eigenvalue weighted by atomic mass is 79.9. The number of halogens is 3. The van der Waals surface area contributed by atoms with Crippen LogP contribution in [0, 0.1) is 11.6 Å². The summed E-state index contributed by atoms with van der Waals surface area (Å²) >= 11 is 3.42. The lowest BCUT2D eigenvalue weighted by Crippen LogP contribution is -2.30. The van der Waals surface area contributed by atoms with Gasteiger partial charge in [-0.15, -0.1) is 0 Å².